The van der Waals surface area contributed by atoms with Gasteiger partial charge in [-0.2, -0.15) is 0 Å². The molecule has 1 aromatic rings. The maximum absolute atomic E-state index is 14.3. The smallest absolute Gasteiger partial charge is 0.335 e. The maximum atomic E-state index is 14.3. The Hall–Kier alpha value is -2.49. The number of hydrogen-bond donors (Lipinski definition) is 1. The highest BCUT2D eigenvalue weighted by Crippen LogP contribution is 2.30. The summed E-state index contributed by atoms with van der Waals surface area (Å²) < 4.78 is 66.0. The summed E-state index contributed by atoms with van der Waals surface area (Å²) in [5.41, 5.74) is -0.889. The molecule has 176 valence electrons. The number of ether oxygens (including phenoxy) is 2. The summed E-state index contributed by atoms with van der Waals surface area (Å²) in [4.78, 5) is 23.1. The Morgan fingerprint density at radius 1 is 1.23 bits per heavy atom. The lowest BCUT2D eigenvalue weighted by Crippen LogP contribution is -2.35. The average Bonchev–Trinajstić information content (AvgIpc) is 2.70. The van der Waals surface area contributed by atoms with Gasteiger partial charge in [-0.05, 0) is 50.8 Å². The molecule has 0 aliphatic heterocycles. The van der Waals surface area contributed by atoms with Gasteiger partial charge >= 0.3 is 11.9 Å². The first kappa shape index (κ1) is 26.5. The van der Waals surface area contributed by atoms with E-state index in [1.807, 2.05) is 18.6 Å². The molecule has 0 aromatic heterocycles. The van der Waals surface area contributed by atoms with E-state index in [9.17, 15) is 26.8 Å². The van der Waals surface area contributed by atoms with Crippen LogP contribution < -0.4 is 4.72 Å². The number of allylic oxidation sites excluding steroid dienone is 1. The molecular formula is C21H31F2NO6S. The van der Waals surface area contributed by atoms with Gasteiger partial charge in [0.05, 0.1) is 11.7 Å². The molecule has 0 saturated carbocycles. The summed E-state index contributed by atoms with van der Waals surface area (Å²) in [6, 6.07) is 1.74. The second-order valence-electron chi connectivity index (χ2n) is 6.89. The molecule has 1 unspecified atom stereocenters. The number of halogens is 2. The van der Waals surface area contributed by atoms with E-state index in [2.05, 4.69) is 4.74 Å². The highest BCUT2D eigenvalue weighted by atomic mass is 32.2. The van der Waals surface area contributed by atoms with E-state index in [-0.39, 0.29) is 25.6 Å². The Balaban J connectivity index is 0.00000311. The van der Waals surface area contributed by atoms with Crippen molar-refractivity contribution in [2.24, 2.45) is 0 Å². The van der Waals surface area contributed by atoms with Gasteiger partial charge in [-0.3, -0.25) is 9.52 Å². The zero-order chi connectivity index (χ0) is 23.8. The van der Waals surface area contributed by atoms with Crippen LogP contribution in [-0.2, 0) is 35.7 Å². The van der Waals surface area contributed by atoms with Crippen LogP contribution in [0.25, 0.3) is 0 Å². The minimum atomic E-state index is -4.33. The van der Waals surface area contributed by atoms with Gasteiger partial charge in [0.1, 0.15) is 17.5 Å². The first-order valence-electron chi connectivity index (χ1n) is 10.0. The third-order valence-corrected chi connectivity index (χ3v) is 5.85. The molecule has 10 heteroatoms. The lowest BCUT2D eigenvalue weighted by Gasteiger charge is -2.24. The molecule has 0 bridgehead atoms. The topological polar surface area (TPSA) is 98.8 Å². The molecule has 0 saturated heterocycles. The molecular weight excluding hydrogens is 432 g/mol. The molecule has 1 N–H and O–H groups in total. The van der Waals surface area contributed by atoms with Crippen LogP contribution in [0.15, 0.2) is 23.8 Å². The van der Waals surface area contributed by atoms with Gasteiger partial charge in [0.15, 0.2) is 11.6 Å². The molecule has 1 aliphatic carbocycles. The van der Waals surface area contributed by atoms with Crippen molar-refractivity contribution in [2.45, 2.75) is 71.8 Å². The SMILES string of the molecule is CC.CC(=O)OCc1cc(F)c(NS(=O)(=O)C2CCCC=C2C(=O)OC(C)C)c(F)c1.[HH]. The Morgan fingerprint density at radius 2 is 1.81 bits per heavy atom. The summed E-state index contributed by atoms with van der Waals surface area (Å²) in [7, 11) is -4.33. The second-order valence-corrected chi connectivity index (χ2v) is 8.76. The molecule has 31 heavy (non-hydrogen) atoms. The summed E-state index contributed by atoms with van der Waals surface area (Å²) >= 11 is 0. The number of carbonyl (C=O) groups excluding carboxylic acids is 2. The van der Waals surface area contributed by atoms with E-state index in [4.69, 9.17) is 4.74 Å². The van der Waals surface area contributed by atoms with Crippen molar-refractivity contribution in [2.75, 3.05) is 4.72 Å². The lowest BCUT2D eigenvalue weighted by molar-refractivity contribution is -0.143. The number of rotatable bonds is 7. The van der Waals surface area contributed by atoms with Gasteiger partial charge < -0.3 is 9.47 Å². The molecule has 1 aromatic carbocycles. The zero-order valence-electron chi connectivity index (χ0n) is 18.3. The molecule has 1 atom stereocenters. The fraction of sp³-hybridized carbons (Fsp3) is 0.524. The Bertz CT molecular complexity index is 911. The van der Waals surface area contributed by atoms with Crippen LogP contribution in [0.3, 0.4) is 0 Å². The van der Waals surface area contributed by atoms with Crippen LogP contribution in [-0.4, -0.2) is 31.7 Å². The van der Waals surface area contributed by atoms with Gasteiger partial charge in [-0.25, -0.2) is 22.0 Å². The van der Waals surface area contributed by atoms with E-state index >= 15 is 0 Å². The normalized spacial score (nSPS) is 16.0. The molecule has 0 fully saturated rings. The van der Waals surface area contributed by atoms with E-state index in [0.29, 0.717) is 12.8 Å². The lowest BCUT2D eigenvalue weighted by atomic mass is 9.99. The van der Waals surface area contributed by atoms with Gasteiger partial charge in [0, 0.05) is 8.35 Å². The number of benzene rings is 1. The quantitative estimate of drug-likeness (QED) is 0.599. The van der Waals surface area contributed by atoms with Gasteiger partial charge in [-0.15, -0.1) is 0 Å². The highest BCUT2D eigenvalue weighted by molar-refractivity contribution is 7.93. The van der Waals surface area contributed by atoms with Crippen LogP contribution in [0.2, 0.25) is 0 Å². The molecule has 0 heterocycles. The fourth-order valence-corrected chi connectivity index (χ4v) is 4.50. The van der Waals surface area contributed by atoms with Crippen molar-refractivity contribution in [3.8, 4) is 0 Å². The molecule has 2 rings (SSSR count). The molecule has 7 nitrogen and oxygen atoms in total. The molecule has 0 amide bonds. The number of nitrogens with one attached hydrogen (secondary N) is 1. The van der Waals surface area contributed by atoms with Crippen molar-refractivity contribution in [1.29, 1.82) is 0 Å². The first-order valence-corrected chi connectivity index (χ1v) is 11.6. The number of esters is 2. The number of anilines is 1. The van der Waals surface area contributed by atoms with Gasteiger partial charge in [-0.1, -0.05) is 19.9 Å². The van der Waals surface area contributed by atoms with Crippen LogP contribution in [0.1, 0.15) is 60.9 Å². The van der Waals surface area contributed by atoms with Crippen molar-refractivity contribution < 1.29 is 37.7 Å². The van der Waals surface area contributed by atoms with E-state index in [1.165, 1.54) is 6.08 Å². The Labute approximate surface area is 183 Å². The fourth-order valence-electron chi connectivity index (χ4n) is 2.87. The van der Waals surface area contributed by atoms with Crippen molar-refractivity contribution in [3.63, 3.8) is 0 Å². The molecule has 0 radical (unpaired) electrons. The van der Waals surface area contributed by atoms with Crippen molar-refractivity contribution in [1.82, 2.24) is 0 Å². The highest BCUT2D eigenvalue weighted by Gasteiger charge is 2.36. The maximum Gasteiger partial charge on any atom is 0.335 e. The first-order chi connectivity index (χ1) is 14.5. The summed E-state index contributed by atoms with van der Waals surface area (Å²) in [5, 5.41) is -1.29. The summed E-state index contributed by atoms with van der Waals surface area (Å²) in [5.74, 6) is -3.73. The summed E-state index contributed by atoms with van der Waals surface area (Å²) in [6.45, 7) is 8.05. The third-order valence-electron chi connectivity index (χ3n) is 4.12. The van der Waals surface area contributed by atoms with E-state index < -0.39 is 50.6 Å². The molecule has 1 aliphatic rings. The molecule has 0 spiro atoms. The summed E-state index contributed by atoms with van der Waals surface area (Å²) in [6.07, 6.45) is 2.15. The van der Waals surface area contributed by atoms with Crippen LogP contribution in [0.5, 0.6) is 0 Å². The average molecular weight is 464 g/mol. The van der Waals surface area contributed by atoms with E-state index in [0.717, 1.165) is 19.1 Å². The minimum Gasteiger partial charge on any atom is -0.461 e. The second kappa shape index (κ2) is 11.8. The van der Waals surface area contributed by atoms with Gasteiger partial charge in [0.25, 0.3) is 0 Å². The standard InChI is InChI=1S/C19H23F2NO6S.C2H6.H2/c1-11(2)28-19(24)14-6-4-5-7-17(14)29(25,26)22-18-15(20)8-13(9-16(18)21)10-27-12(3)23;1-2;/h6,8-9,11,17,22H,4-5,7,10H2,1-3H3;1-2H3;1H. The zero-order valence-corrected chi connectivity index (χ0v) is 19.1. The monoisotopic (exact) mass is 463 g/mol. The van der Waals surface area contributed by atoms with Crippen molar-refractivity contribution >= 4 is 27.6 Å². The number of carbonyl (C=O) groups is 2. The van der Waals surface area contributed by atoms with Crippen LogP contribution in [0, 0.1) is 11.6 Å². The third kappa shape index (κ3) is 7.61. The minimum absolute atomic E-state index is 0. The predicted octanol–water partition coefficient (Wildman–Crippen LogP) is 4.47. The van der Waals surface area contributed by atoms with Crippen molar-refractivity contribution in [3.05, 3.63) is 41.0 Å². The predicted molar refractivity (Wildman–Crippen MR) is 115 cm³/mol. The van der Waals surface area contributed by atoms with Crippen LogP contribution >= 0.6 is 0 Å². The Kier molecular flexibility index (Phi) is 10.1. The van der Waals surface area contributed by atoms with Gasteiger partial charge in [0.2, 0.25) is 10.0 Å². The number of hydrogen-bond acceptors (Lipinski definition) is 6. The Morgan fingerprint density at radius 3 is 2.32 bits per heavy atom. The van der Waals surface area contributed by atoms with E-state index in [1.54, 1.807) is 13.8 Å². The largest absolute Gasteiger partial charge is 0.461 e. The van der Waals surface area contributed by atoms with Crippen LogP contribution in [0.4, 0.5) is 14.5 Å². The number of sulfonamides is 1.